The molecule has 0 aliphatic rings. The quantitative estimate of drug-likeness (QED) is 0.479. The van der Waals surface area contributed by atoms with Gasteiger partial charge in [0.1, 0.15) is 17.2 Å². The molecule has 4 aromatic heterocycles. The molecule has 1 N–H and O–H groups in total. The number of halogens is 1. The Morgan fingerprint density at radius 3 is 2.68 bits per heavy atom. The number of anilines is 1. The van der Waals surface area contributed by atoms with Crippen molar-refractivity contribution in [1.82, 2.24) is 29.5 Å². The van der Waals surface area contributed by atoms with Crippen molar-refractivity contribution in [3.05, 3.63) is 59.9 Å². The first-order valence-electron chi connectivity index (χ1n) is 10.2. The van der Waals surface area contributed by atoms with Crippen LogP contribution >= 0.6 is 0 Å². The number of hydrogen-bond acceptors (Lipinski definition) is 7. The van der Waals surface area contributed by atoms with Crippen LogP contribution in [0.2, 0.25) is 0 Å². The summed E-state index contributed by atoms with van der Waals surface area (Å²) < 4.78 is 20.7. The largest absolute Gasteiger partial charge is 0.477 e. The van der Waals surface area contributed by atoms with E-state index in [1.807, 2.05) is 36.6 Å². The average Bonchev–Trinajstić information content (AvgIpc) is 3.11. The number of aryl methyl sites for hydroxylation is 1. The number of rotatable bonds is 7. The van der Waals surface area contributed by atoms with Gasteiger partial charge in [-0.25, -0.2) is 28.8 Å². The second-order valence-corrected chi connectivity index (χ2v) is 7.36. The lowest BCUT2D eigenvalue weighted by Crippen LogP contribution is -2.08. The van der Waals surface area contributed by atoms with E-state index in [4.69, 9.17) is 14.8 Å². The van der Waals surface area contributed by atoms with Gasteiger partial charge in [-0.3, -0.25) is 0 Å². The third-order valence-electron chi connectivity index (χ3n) is 4.77. The molecule has 160 valence electrons. The van der Waals surface area contributed by atoms with E-state index in [1.54, 1.807) is 6.20 Å². The standard InChI is InChI=1S/C22H24FN7O/c1-5-31-22-16(7-6-8-24-22)17-9-18(25-12-19-26-10-15(23)11-27-19)21-20(13(2)3)28-14(4)30(21)29-17/h6-11,13,25H,5,12H2,1-4H3. The summed E-state index contributed by atoms with van der Waals surface area (Å²) in [5.74, 6) is 1.52. The number of nitrogens with zero attached hydrogens (tertiary/aromatic N) is 6. The number of aromatic nitrogens is 6. The molecule has 0 unspecified atom stereocenters. The highest BCUT2D eigenvalue weighted by Gasteiger charge is 2.20. The summed E-state index contributed by atoms with van der Waals surface area (Å²) in [7, 11) is 0. The van der Waals surface area contributed by atoms with Crippen molar-refractivity contribution in [3.8, 4) is 17.1 Å². The first-order chi connectivity index (χ1) is 15.0. The van der Waals surface area contributed by atoms with Crippen LogP contribution < -0.4 is 10.1 Å². The molecule has 4 aromatic rings. The fourth-order valence-electron chi connectivity index (χ4n) is 3.37. The summed E-state index contributed by atoms with van der Waals surface area (Å²) in [4.78, 5) is 17.2. The molecule has 0 aromatic carbocycles. The highest BCUT2D eigenvalue weighted by Crippen LogP contribution is 2.33. The minimum absolute atomic E-state index is 0.205. The summed E-state index contributed by atoms with van der Waals surface area (Å²) >= 11 is 0. The molecule has 31 heavy (non-hydrogen) atoms. The number of ether oxygens (including phenoxy) is 1. The molecule has 0 saturated carbocycles. The smallest absolute Gasteiger partial charge is 0.222 e. The predicted molar refractivity (Wildman–Crippen MR) is 116 cm³/mol. The Bertz CT molecular complexity index is 1200. The van der Waals surface area contributed by atoms with E-state index in [1.165, 1.54) is 0 Å². The van der Waals surface area contributed by atoms with E-state index >= 15 is 0 Å². The third kappa shape index (κ3) is 4.16. The topological polar surface area (TPSA) is 90.1 Å². The normalized spacial score (nSPS) is 11.3. The predicted octanol–water partition coefficient (Wildman–Crippen LogP) is 4.16. The van der Waals surface area contributed by atoms with Gasteiger partial charge in [0.25, 0.3) is 0 Å². The molecule has 0 aliphatic heterocycles. The monoisotopic (exact) mass is 421 g/mol. The van der Waals surface area contributed by atoms with Gasteiger partial charge in [-0.05, 0) is 38.0 Å². The van der Waals surface area contributed by atoms with Gasteiger partial charge in [0.05, 0.1) is 48.2 Å². The summed E-state index contributed by atoms with van der Waals surface area (Å²) in [5, 5.41) is 8.22. The van der Waals surface area contributed by atoms with Crippen molar-refractivity contribution in [2.24, 2.45) is 0 Å². The van der Waals surface area contributed by atoms with Crippen LogP contribution in [0.25, 0.3) is 16.8 Å². The van der Waals surface area contributed by atoms with Crippen molar-refractivity contribution in [3.63, 3.8) is 0 Å². The zero-order valence-electron chi connectivity index (χ0n) is 17.9. The van der Waals surface area contributed by atoms with E-state index in [-0.39, 0.29) is 5.92 Å². The highest BCUT2D eigenvalue weighted by molar-refractivity contribution is 5.80. The molecular formula is C22H24FN7O. The lowest BCUT2D eigenvalue weighted by Gasteiger charge is -2.14. The van der Waals surface area contributed by atoms with E-state index in [2.05, 4.69) is 34.1 Å². The zero-order valence-corrected chi connectivity index (χ0v) is 17.9. The van der Waals surface area contributed by atoms with Crippen LogP contribution in [0.4, 0.5) is 10.1 Å². The third-order valence-corrected chi connectivity index (χ3v) is 4.77. The van der Waals surface area contributed by atoms with Gasteiger partial charge < -0.3 is 10.1 Å². The van der Waals surface area contributed by atoms with Gasteiger partial charge in [-0.15, -0.1) is 0 Å². The van der Waals surface area contributed by atoms with Gasteiger partial charge in [-0.1, -0.05) is 13.8 Å². The Morgan fingerprint density at radius 1 is 1.19 bits per heavy atom. The molecule has 0 bridgehead atoms. The van der Waals surface area contributed by atoms with E-state index in [0.29, 0.717) is 30.5 Å². The van der Waals surface area contributed by atoms with Gasteiger partial charge in [-0.2, -0.15) is 5.10 Å². The maximum absolute atomic E-state index is 13.2. The second-order valence-electron chi connectivity index (χ2n) is 7.36. The van der Waals surface area contributed by atoms with Crippen molar-refractivity contribution in [2.45, 2.75) is 40.2 Å². The lowest BCUT2D eigenvalue weighted by molar-refractivity contribution is 0.328. The maximum atomic E-state index is 13.2. The number of imidazole rings is 1. The summed E-state index contributed by atoms with van der Waals surface area (Å²) in [6, 6.07) is 5.73. The van der Waals surface area contributed by atoms with Crippen LogP contribution in [0.15, 0.2) is 36.8 Å². The molecule has 0 spiro atoms. The Labute approximate surface area is 179 Å². The van der Waals surface area contributed by atoms with Gasteiger partial charge in [0.15, 0.2) is 5.82 Å². The van der Waals surface area contributed by atoms with Crippen LogP contribution in [0.5, 0.6) is 5.88 Å². The van der Waals surface area contributed by atoms with E-state index < -0.39 is 5.82 Å². The number of fused-ring (bicyclic) bond motifs is 1. The molecule has 9 heteroatoms. The minimum Gasteiger partial charge on any atom is -0.477 e. The van der Waals surface area contributed by atoms with Crippen LogP contribution in [0.1, 0.15) is 44.0 Å². The summed E-state index contributed by atoms with van der Waals surface area (Å²) in [5.41, 5.74) is 4.14. The molecule has 0 fully saturated rings. The van der Waals surface area contributed by atoms with Gasteiger partial charge >= 0.3 is 0 Å². The van der Waals surface area contributed by atoms with Crippen LogP contribution in [-0.2, 0) is 6.54 Å². The fraction of sp³-hybridized carbons (Fsp3) is 0.318. The van der Waals surface area contributed by atoms with E-state index in [9.17, 15) is 4.39 Å². The number of hydrogen-bond donors (Lipinski definition) is 1. The first-order valence-corrected chi connectivity index (χ1v) is 10.2. The van der Waals surface area contributed by atoms with Gasteiger partial charge in [0, 0.05) is 6.20 Å². The van der Waals surface area contributed by atoms with Crippen molar-refractivity contribution in [2.75, 3.05) is 11.9 Å². The molecular weight excluding hydrogens is 397 g/mol. The van der Waals surface area contributed by atoms with Crippen LogP contribution in [0.3, 0.4) is 0 Å². The van der Waals surface area contributed by atoms with Gasteiger partial charge in [0.2, 0.25) is 5.88 Å². The number of pyridine rings is 1. The molecule has 0 atom stereocenters. The molecule has 4 heterocycles. The lowest BCUT2D eigenvalue weighted by atomic mass is 10.1. The Morgan fingerprint density at radius 2 is 1.97 bits per heavy atom. The van der Waals surface area contributed by atoms with Crippen LogP contribution in [0, 0.1) is 12.7 Å². The minimum atomic E-state index is -0.467. The second kappa shape index (κ2) is 8.63. The van der Waals surface area contributed by atoms with Crippen molar-refractivity contribution < 1.29 is 9.13 Å². The van der Waals surface area contributed by atoms with E-state index in [0.717, 1.165) is 40.7 Å². The van der Waals surface area contributed by atoms with Crippen molar-refractivity contribution in [1.29, 1.82) is 0 Å². The highest BCUT2D eigenvalue weighted by atomic mass is 19.1. The molecule has 0 radical (unpaired) electrons. The molecule has 0 aliphatic carbocycles. The Balaban J connectivity index is 1.84. The van der Waals surface area contributed by atoms with Crippen molar-refractivity contribution >= 4 is 11.2 Å². The molecule has 8 nitrogen and oxygen atoms in total. The fourth-order valence-corrected chi connectivity index (χ4v) is 3.37. The Kier molecular flexibility index (Phi) is 5.75. The number of nitrogens with one attached hydrogen (secondary N) is 1. The summed E-state index contributed by atoms with van der Waals surface area (Å²) in [6.45, 7) is 8.86. The van der Waals surface area contributed by atoms with Crippen LogP contribution in [-0.4, -0.2) is 36.2 Å². The average molecular weight is 421 g/mol. The molecule has 0 saturated heterocycles. The molecule has 4 rings (SSSR count). The summed E-state index contributed by atoms with van der Waals surface area (Å²) in [6.07, 6.45) is 4.01. The Hall–Kier alpha value is -3.62. The SMILES string of the molecule is CCOc1ncccc1-c1cc(NCc2ncc(F)cn2)c2c(C(C)C)nc(C)n2n1. The zero-order chi connectivity index (χ0) is 22.0. The molecule has 0 amide bonds. The maximum Gasteiger partial charge on any atom is 0.222 e. The first kappa shape index (κ1) is 20.6.